The number of hydrogen-bond acceptors (Lipinski definition) is 2. The van der Waals surface area contributed by atoms with E-state index in [1.807, 2.05) is 19.3 Å². The molecule has 1 aliphatic rings. The van der Waals surface area contributed by atoms with E-state index in [0.29, 0.717) is 6.54 Å². The highest BCUT2D eigenvalue weighted by Gasteiger charge is 2.20. The second kappa shape index (κ2) is 6.68. The van der Waals surface area contributed by atoms with Crippen molar-refractivity contribution in [1.82, 2.24) is 9.55 Å². The topological polar surface area (TPSA) is 30.2 Å². The molecule has 0 fully saturated rings. The maximum Gasteiger partial charge on any atom is 0.129 e. The van der Waals surface area contributed by atoms with Gasteiger partial charge in [-0.2, -0.15) is 0 Å². The molecule has 27 heavy (non-hydrogen) atoms. The molecule has 0 atom stereocenters. The highest BCUT2D eigenvalue weighted by Crippen LogP contribution is 2.27. The van der Waals surface area contributed by atoms with Crippen LogP contribution < -0.4 is 0 Å². The summed E-state index contributed by atoms with van der Waals surface area (Å²) in [4.78, 5) is 9.47. The summed E-state index contributed by atoms with van der Waals surface area (Å²) in [6, 6.07) is 16.8. The van der Waals surface area contributed by atoms with Crippen molar-refractivity contribution >= 4 is 13.8 Å². The zero-order valence-corrected chi connectivity index (χ0v) is 17.2. The van der Waals surface area contributed by atoms with Crippen LogP contribution in [0.25, 0.3) is 5.69 Å². The van der Waals surface area contributed by atoms with Crippen molar-refractivity contribution in [2.75, 3.05) is 0 Å². The number of nitrogens with zero attached hydrogens (tertiary/aromatic N) is 3. The SMILES string of the molecule is Cc1ncn2c1CN=C(c1ccccc1)c1cc(C#C[Si](C)(C)C)ccc1-2. The minimum atomic E-state index is -1.43. The van der Waals surface area contributed by atoms with E-state index in [1.54, 1.807) is 0 Å². The predicted molar refractivity (Wildman–Crippen MR) is 114 cm³/mol. The molecular formula is C23H23N3Si. The second-order valence-corrected chi connectivity index (χ2v) is 12.7. The van der Waals surface area contributed by atoms with Gasteiger partial charge in [0, 0.05) is 16.7 Å². The summed E-state index contributed by atoms with van der Waals surface area (Å²) in [5.74, 6) is 3.39. The predicted octanol–water partition coefficient (Wildman–Crippen LogP) is 4.76. The fourth-order valence-corrected chi connectivity index (χ4v) is 3.74. The van der Waals surface area contributed by atoms with Gasteiger partial charge in [0.2, 0.25) is 0 Å². The molecule has 134 valence electrons. The summed E-state index contributed by atoms with van der Waals surface area (Å²) in [6.45, 7) is 9.46. The van der Waals surface area contributed by atoms with Gasteiger partial charge in [-0.3, -0.25) is 4.99 Å². The van der Waals surface area contributed by atoms with Crippen molar-refractivity contribution in [3.8, 4) is 17.2 Å². The van der Waals surface area contributed by atoms with Crippen LogP contribution in [-0.4, -0.2) is 23.3 Å². The minimum absolute atomic E-state index is 0.626. The Hall–Kier alpha value is -2.90. The van der Waals surface area contributed by atoms with Gasteiger partial charge in [-0.15, -0.1) is 5.54 Å². The van der Waals surface area contributed by atoms with Gasteiger partial charge >= 0.3 is 0 Å². The molecule has 1 aliphatic heterocycles. The lowest BCUT2D eigenvalue weighted by Crippen LogP contribution is -2.16. The van der Waals surface area contributed by atoms with Crippen LogP contribution in [0.1, 0.15) is 28.1 Å². The highest BCUT2D eigenvalue weighted by molar-refractivity contribution is 6.83. The van der Waals surface area contributed by atoms with Gasteiger partial charge in [0.25, 0.3) is 0 Å². The van der Waals surface area contributed by atoms with E-state index in [1.165, 1.54) is 0 Å². The van der Waals surface area contributed by atoms with Crippen molar-refractivity contribution in [2.45, 2.75) is 33.1 Å². The van der Waals surface area contributed by atoms with Crippen molar-refractivity contribution in [2.24, 2.45) is 4.99 Å². The molecule has 0 radical (unpaired) electrons. The van der Waals surface area contributed by atoms with Crippen LogP contribution in [0.15, 0.2) is 59.9 Å². The van der Waals surface area contributed by atoms with Crippen molar-refractivity contribution in [1.29, 1.82) is 0 Å². The van der Waals surface area contributed by atoms with Crippen LogP contribution in [-0.2, 0) is 6.54 Å². The molecule has 2 aromatic carbocycles. The zero-order valence-electron chi connectivity index (χ0n) is 16.2. The fraction of sp³-hybridized carbons (Fsp3) is 0.217. The van der Waals surface area contributed by atoms with E-state index in [4.69, 9.17) is 4.99 Å². The Kier molecular flexibility index (Phi) is 4.33. The van der Waals surface area contributed by atoms with Crippen molar-refractivity contribution in [3.05, 3.63) is 82.9 Å². The molecule has 0 spiro atoms. The molecule has 0 N–H and O–H groups in total. The van der Waals surface area contributed by atoms with Crippen LogP contribution in [0.3, 0.4) is 0 Å². The lowest BCUT2D eigenvalue weighted by molar-refractivity contribution is 0.914. The van der Waals surface area contributed by atoms with Gasteiger partial charge in [-0.1, -0.05) is 55.9 Å². The first-order chi connectivity index (χ1) is 12.9. The van der Waals surface area contributed by atoms with Crippen LogP contribution in [0, 0.1) is 18.4 Å². The number of imidazole rings is 1. The van der Waals surface area contributed by atoms with Gasteiger partial charge in [0.05, 0.1) is 35.7 Å². The van der Waals surface area contributed by atoms with Crippen LogP contribution in [0.5, 0.6) is 0 Å². The Morgan fingerprint density at radius 1 is 1.04 bits per heavy atom. The molecule has 4 rings (SSSR count). The Morgan fingerprint density at radius 3 is 2.56 bits per heavy atom. The lowest BCUT2D eigenvalue weighted by Gasteiger charge is -2.12. The third-order valence-electron chi connectivity index (χ3n) is 4.60. The van der Waals surface area contributed by atoms with E-state index >= 15 is 0 Å². The van der Waals surface area contributed by atoms with Gasteiger partial charge in [0.15, 0.2) is 0 Å². The quantitative estimate of drug-likeness (QED) is 0.449. The monoisotopic (exact) mass is 369 g/mol. The molecule has 0 aliphatic carbocycles. The summed E-state index contributed by atoms with van der Waals surface area (Å²) >= 11 is 0. The van der Waals surface area contributed by atoms with E-state index in [0.717, 1.165) is 39.5 Å². The summed E-state index contributed by atoms with van der Waals surface area (Å²) in [6.07, 6.45) is 1.90. The Labute approximate surface area is 161 Å². The summed E-state index contributed by atoms with van der Waals surface area (Å²) < 4.78 is 2.17. The van der Waals surface area contributed by atoms with Gasteiger partial charge in [0.1, 0.15) is 8.07 Å². The first-order valence-corrected chi connectivity index (χ1v) is 12.7. The standard InChI is InChI=1S/C23H23N3Si/c1-17-22-15-24-23(19-8-6-5-7-9-19)20-14-18(12-13-27(2,3)4)10-11-21(20)26(22)16-25-17/h5-11,14,16H,15H2,1-4H3. The summed E-state index contributed by atoms with van der Waals surface area (Å²) in [5, 5.41) is 0. The molecule has 1 aromatic heterocycles. The molecule has 0 saturated heterocycles. The molecule has 0 unspecified atom stereocenters. The fourth-order valence-electron chi connectivity index (χ4n) is 3.22. The van der Waals surface area contributed by atoms with Gasteiger partial charge < -0.3 is 4.57 Å². The van der Waals surface area contributed by atoms with E-state index in [2.05, 4.69) is 83.1 Å². The largest absolute Gasteiger partial charge is 0.300 e. The molecule has 0 amide bonds. The number of rotatable bonds is 1. The molecule has 3 aromatic rings. The maximum absolute atomic E-state index is 4.98. The molecular weight excluding hydrogens is 346 g/mol. The number of hydrogen-bond donors (Lipinski definition) is 0. The normalized spacial score (nSPS) is 13.0. The van der Waals surface area contributed by atoms with Gasteiger partial charge in [-0.25, -0.2) is 4.98 Å². The third kappa shape index (κ3) is 3.51. The number of aryl methyl sites for hydroxylation is 1. The molecule has 4 heteroatoms. The molecule has 2 heterocycles. The smallest absolute Gasteiger partial charge is 0.129 e. The number of aromatic nitrogens is 2. The minimum Gasteiger partial charge on any atom is -0.300 e. The Balaban J connectivity index is 1.93. The zero-order chi connectivity index (χ0) is 19.0. The van der Waals surface area contributed by atoms with Crippen molar-refractivity contribution < 1.29 is 0 Å². The van der Waals surface area contributed by atoms with Crippen LogP contribution in [0.2, 0.25) is 19.6 Å². The van der Waals surface area contributed by atoms with E-state index in [-0.39, 0.29) is 0 Å². The maximum atomic E-state index is 4.98. The van der Waals surface area contributed by atoms with E-state index in [9.17, 15) is 0 Å². The first kappa shape index (κ1) is 17.5. The Morgan fingerprint density at radius 2 is 1.81 bits per heavy atom. The number of benzene rings is 2. The van der Waals surface area contributed by atoms with Gasteiger partial charge in [-0.05, 0) is 25.1 Å². The van der Waals surface area contributed by atoms with Crippen LogP contribution >= 0.6 is 0 Å². The average molecular weight is 370 g/mol. The van der Waals surface area contributed by atoms with E-state index < -0.39 is 8.07 Å². The second-order valence-electron chi connectivity index (χ2n) is 7.91. The summed E-state index contributed by atoms with van der Waals surface area (Å²) in [5.41, 5.74) is 11.1. The molecule has 3 nitrogen and oxygen atoms in total. The summed E-state index contributed by atoms with van der Waals surface area (Å²) in [7, 11) is -1.43. The highest BCUT2D eigenvalue weighted by atomic mass is 28.3. The van der Waals surface area contributed by atoms with Crippen molar-refractivity contribution in [3.63, 3.8) is 0 Å². The lowest BCUT2D eigenvalue weighted by atomic mass is 9.98. The molecule has 0 saturated carbocycles. The first-order valence-electron chi connectivity index (χ1n) is 9.23. The molecule has 0 bridgehead atoms. The average Bonchev–Trinajstić information content (AvgIpc) is 2.93. The van der Waals surface area contributed by atoms with Crippen LogP contribution in [0.4, 0.5) is 0 Å². The third-order valence-corrected chi connectivity index (χ3v) is 5.48. The number of fused-ring (bicyclic) bond motifs is 3. The number of aliphatic imine (C=N–C) groups is 1. The Bertz CT molecular complexity index is 1090.